The Bertz CT molecular complexity index is 356. The zero-order chi connectivity index (χ0) is 12.8. The van der Waals surface area contributed by atoms with Crippen molar-refractivity contribution in [2.45, 2.75) is 39.2 Å². The Kier molecular flexibility index (Phi) is 5.21. The minimum absolute atomic E-state index is 0.612. The van der Waals surface area contributed by atoms with Crippen LogP contribution < -0.4 is 5.32 Å². The van der Waals surface area contributed by atoms with E-state index in [4.69, 9.17) is 4.74 Å². The summed E-state index contributed by atoms with van der Waals surface area (Å²) in [4.78, 5) is 0. The molecule has 0 unspecified atom stereocenters. The average molecular weight is 247 g/mol. The first-order chi connectivity index (χ1) is 8.75. The summed E-state index contributed by atoms with van der Waals surface area (Å²) in [5.41, 5.74) is 2.83. The highest BCUT2D eigenvalue weighted by Gasteiger charge is 2.12. The van der Waals surface area contributed by atoms with Crippen LogP contribution in [0, 0.1) is 5.92 Å². The van der Waals surface area contributed by atoms with Gasteiger partial charge in [-0.25, -0.2) is 0 Å². The quantitative estimate of drug-likeness (QED) is 0.861. The Balaban J connectivity index is 1.77. The fraction of sp³-hybridized carbons (Fsp3) is 0.625. The lowest BCUT2D eigenvalue weighted by Crippen LogP contribution is -2.27. The van der Waals surface area contributed by atoms with E-state index in [9.17, 15) is 0 Å². The third-order valence-electron chi connectivity index (χ3n) is 3.72. The van der Waals surface area contributed by atoms with Crippen molar-refractivity contribution in [2.75, 3.05) is 19.8 Å². The summed E-state index contributed by atoms with van der Waals surface area (Å²) in [5, 5.41) is 3.58. The number of ether oxygens (including phenoxy) is 1. The normalized spacial score (nSPS) is 17.3. The van der Waals surface area contributed by atoms with Crippen LogP contribution in [-0.2, 0) is 11.3 Å². The summed E-state index contributed by atoms with van der Waals surface area (Å²) in [6, 6.07) is 8.91. The first-order valence-electron chi connectivity index (χ1n) is 7.13. The fourth-order valence-corrected chi connectivity index (χ4v) is 2.43. The molecule has 1 aromatic carbocycles. The average Bonchev–Trinajstić information content (AvgIpc) is 2.40. The highest BCUT2D eigenvalue weighted by Crippen LogP contribution is 2.16. The molecule has 2 nitrogen and oxygen atoms in total. The molecule has 0 aliphatic carbocycles. The lowest BCUT2D eigenvalue weighted by molar-refractivity contribution is 0.0662. The largest absolute Gasteiger partial charge is 0.381 e. The van der Waals surface area contributed by atoms with E-state index in [2.05, 4.69) is 43.4 Å². The molecule has 0 saturated carbocycles. The molecule has 100 valence electrons. The van der Waals surface area contributed by atoms with Gasteiger partial charge in [-0.1, -0.05) is 38.1 Å². The van der Waals surface area contributed by atoms with E-state index in [-0.39, 0.29) is 0 Å². The van der Waals surface area contributed by atoms with Gasteiger partial charge in [0.2, 0.25) is 0 Å². The number of hydrogen-bond acceptors (Lipinski definition) is 2. The van der Waals surface area contributed by atoms with Gasteiger partial charge in [-0.3, -0.25) is 0 Å². The van der Waals surface area contributed by atoms with E-state index in [1.807, 2.05) is 0 Å². The first-order valence-corrected chi connectivity index (χ1v) is 7.13. The van der Waals surface area contributed by atoms with Crippen molar-refractivity contribution in [2.24, 2.45) is 5.92 Å². The molecule has 2 heteroatoms. The molecular weight excluding hydrogens is 222 g/mol. The Labute approximate surface area is 111 Å². The van der Waals surface area contributed by atoms with Gasteiger partial charge in [0.25, 0.3) is 0 Å². The van der Waals surface area contributed by atoms with E-state index < -0.39 is 0 Å². The van der Waals surface area contributed by atoms with Crippen molar-refractivity contribution >= 4 is 0 Å². The number of rotatable bonds is 5. The van der Waals surface area contributed by atoms with E-state index >= 15 is 0 Å². The molecule has 0 radical (unpaired) electrons. The number of hydrogen-bond donors (Lipinski definition) is 1. The molecule has 0 aromatic heterocycles. The monoisotopic (exact) mass is 247 g/mol. The molecule has 1 aliphatic heterocycles. The second-order valence-corrected chi connectivity index (χ2v) is 5.59. The molecule has 1 saturated heterocycles. The summed E-state index contributed by atoms with van der Waals surface area (Å²) in [7, 11) is 0. The van der Waals surface area contributed by atoms with Gasteiger partial charge in [-0.05, 0) is 42.3 Å². The minimum atomic E-state index is 0.612. The molecule has 0 amide bonds. The van der Waals surface area contributed by atoms with Crippen molar-refractivity contribution in [3.63, 3.8) is 0 Å². The maximum atomic E-state index is 5.38. The molecule has 0 bridgehead atoms. The van der Waals surface area contributed by atoms with Gasteiger partial charge in [0.1, 0.15) is 0 Å². The highest BCUT2D eigenvalue weighted by molar-refractivity contribution is 5.25. The zero-order valence-electron chi connectivity index (χ0n) is 11.6. The van der Waals surface area contributed by atoms with Crippen LogP contribution in [0.2, 0.25) is 0 Å². The molecular formula is C16H25NO. The molecule has 18 heavy (non-hydrogen) atoms. The number of nitrogens with one attached hydrogen (secondary N) is 1. The summed E-state index contributed by atoms with van der Waals surface area (Å²) in [6.45, 7) is 8.47. The lowest BCUT2D eigenvalue weighted by Gasteiger charge is -2.22. The minimum Gasteiger partial charge on any atom is -0.381 e. The standard InChI is InChI=1S/C16H25NO/c1-13(2)16-5-3-4-15(10-16)12-17-11-14-6-8-18-9-7-14/h3-5,10,13-14,17H,6-9,11-12H2,1-2H3. The molecule has 1 fully saturated rings. The molecule has 0 spiro atoms. The zero-order valence-corrected chi connectivity index (χ0v) is 11.6. The van der Waals surface area contributed by atoms with Gasteiger partial charge < -0.3 is 10.1 Å². The van der Waals surface area contributed by atoms with Gasteiger partial charge in [0.15, 0.2) is 0 Å². The van der Waals surface area contributed by atoms with Crippen molar-refractivity contribution in [1.82, 2.24) is 5.32 Å². The van der Waals surface area contributed by atoms with Gasteiger partial charge >= 0.3 is 0 Å². The first kappa shape index (κ1) is 13.6. The maximum absolute atomic E-state index is 5.38. The van der Waals surface area contributed by atoms with Crippen LogP contribution in [-0.4, -0.2) is 19.8 Å². The van der Waals surface area contributed by atoms with Crippen LogP contribution in [0.1, 0.15) is 43.7 Å². The van der Waals surface area contributed by atoms with Crippen LogP contribution in [0.3, 0.4) is 0 Å². The predicted molar refractivity (Wildman–Crippen MR) is 75.8 cm³/mol. The molecule has 2 rings (SSSR count). The Hall–Kier alpha value is -0.860. The third-order valence-corrected chi connectivity index (χ3v) is 3.72. The molecule has 1 heterocycles. The molecule has 1 aliphatic rings. The summed E-state index contributed by atoms with van der Waals surface area (Å²) < 4.78 is 5.38. The molecule has 0 atom stereocenters. The third kappa shape index (κ3) is 4.11. The lowest BCUT2D eigenvalue weighted by atomic mass is 9.99. The van der Waals surface area contributed by atoms with Gasteiger partial charge in [-0.2, -0.15) is 0 Å². The van der Waals surface area contributed by atoms with E-state index in [1.54, 1.807) is 0 Å². The smallest absolute Gasteiger partial charge is 0.0469 e. The van der Waals surface area contributed by atoms with Gasteiger partial charge in [-0.15, -0.1) is 0 Å². The maximum Gasteiger partial charge on any atom is 0.0469 e. The van der Waals surface area contributed by atoms with Crippen molar-refractivity contribution in [1.29, 1.82) is 0 Å². The van der Waals surface area contributed by atoms with Crippen LogP contribution in [0.15, 0.2) is 24.3 Å². The van der Waals surface area contributed by atoms with Crippen LogP contribution in [0.5, 0.6) is 0 Å². The van der Waals surface area contributed by atoms with Gasteiger partial charge in [0, 0.05) is 19.8 Å². The molecule has 1 N–H and O–H groups in total. The van der Waals surface area contributed by atoms with Crippen molar-refractivity contribution in [3.05, 3.63) is 35.4 Å². The topological polar surface area (TPSA) is 21.3 Å². The summed E-state index contributed by atoms with van der Waals surface area (Å²) in [5.74, 6) is 1.41. The van der Waals surface area contributed by atoms with E-state index in [0.29, 0.717) is 5.92 Å². The van der Waals surface area contributed by atoms with Crippen molar-refractivity contribution in [3.8, 4) is 0 Å². The SMILES string of the molecule is CC(C)c1cccc(CNCC2CCOCC2)c1. The second kappa shape index (κ2) is 6.91. The highest BCUT2D eigenvalue weighted by atomic mass is 16.5. The molecule has 1 aromatic rings. The fourth-order valence-electron chi connectivity index (χ4n) is 2.43. The van der Waals surface area contributed by atoms with Crippen LogP contribution in [0.25, 0.3) is 0 Å². The number of benzene rings is 1. The van der Waals surface area contributed by atoms with E-state index in [1.165, 1.54) is 24.0 Å². The Morgan fingerprint density at radius 3 is 2.78 bits per heavy atom. The second-order valence-electron chi connectivity index (χ2n) is 5.59. The predicted octanol–water partition coefficient (Wildman–Crippen LogP) is 3.33. The van der Waals surface area contributed by atoms with Crippen LogP contribution in [0.4, 0.5) is 0 Å². The summed E-state index contributed by atoms with van der Waals surface area (Å²) in [6.07, 6.45) is 2.41. The van der Waals surface area contributed by atoms with Crippen LogP contribution >= 0.6 is 0 Å². The van der Waals surface area contributed by atoms with E-state index in [0.717, 1.165) is 32.2 Å². The Morgan fingerprint density at radius 2 is 2.06 bits per heavy atom. The summed E-state index contributed by atoms with van der Waals surface area (Å²) >= 11 is 0. The van der Waals surface area contributed by atoms with Crippen molar-refractivity contribution < 1.29 is 4.74 Å². The Morgan fingerprint density at radius 1 is 1.28 bits per heavy atom. The van der Waals surface area contributed by atoms with Gasteiger partial charge in [0.05, 0.1) is 0 Å².